The van der Waals surface area contributed by atoms with Crippen LogP contribution in [0.25, 0.3) is 11.4 Å². The summed E-state index contributed by atoms with van der Waals surface area (Å²) in [5.41, 5.74) is 12.8. The van der Waals surface area contributed by atoms with Gasteiger partial charge in [0.1, 0.15) is 0 Å². The number of hydrogen-bond donors (Lipinski definition) is 0. The Kier molecular flexibility index (Phi) is 7.13. The highest BCUT2D eigenvalue weighted by atomic mass is 28.3. The molecule has 0 aliphatic carbocycles. The van der Waals surface area contributed by atoms with Crippen molar-refractivity contribution in [1.82, 2.24) is 9.97 Å². The van der Waals surface area contributed by atoms with Gasteiger partial charge in [-0.1, -0.05) is 140 Å². The van der Waals surface area contributed by atoms with Crippen molar-refractivity contribution in [2.24, 2.45) is 0 Å². The summed E-state index contributed by atoms with van der Waals surface area (Å²) in [6, 6.07) is 76.8. The van der Waals surface area contributed by atoms with Crippen molar-refractivity contribution in [3.05, 3.63) is 241 Å². The fourth-order valence-corrected chi connectivity index (χ4v) is 16.2. The molecule has 0 fully saturated rings. The first kappa shape index (κ1) is 32.9. The number of aromatic nitrogens is 2. The van der Waals surface area contributed by atoms with Crippen molar-refractivity contribution in [2.75, 3.05) is 9.80 Å². The molecule has 3 aliphatic rings. The van der Waals surface area contributed by atoms with E-state index in [1.165, 1.54) is 71.4 Å². The monoisotopic (exact) mass is 756 g/mol. The van der Waals surface area contributed by atoms with Crippen LogP contribution in [0.15, 0.2) is 219 Å². The molecule has 2 spiro atoms. The van der Waals surface area contributed by atoms with Crippen molar-refractivity contribution in [3.63, 3.8) is 0 Å². The van der Waals surface area contributed by atoms with Crippen LogP contribution in [0.4, 0.5) is 34.1 Å². The lowest BCUT2D eigenvalue weighted by molar-refractivity contribution is 0.736. The highest BCUT2D eigenvalue weighted by Gasteiger charge is 2.60. The van der Waals surface area contributed by atoms with E-state index in [4.69, 9.17) is 0 Å². The Bertz CT molecular complexity index is 2890. The Hall–Kier alpha value is -7.34. The van der Waals surface area contributed by atoms with Crippen molar-refractivity contribution < 1.29 is 0 Å². The first-order valence-electron chi connectivity index (χ1n) is 19.9. The number of anilines is 6. The minimum atomic E-state index is -2.97. The van der Waals surface area contributed by atoms with Crippen molar-refractivity contribution in [1.29, 1.82) is 0 Å². The molecule has 272 valence electrons. The van der Waals surface area contributed by atoms with Crippen LogP contribution >= 0.6 is 0 Å². The SMILES string of the molecule is c1ccc(N2c3ccccc3[Si]3(c4ccccc42)c2ccccc2C2(c4ccccc4N(c4ccc(-c5ncccn5)cc4)c4ccccc42)c2ccccc23)cc1. The number of para-hydroxylation sites is 5. The van der Waals surface area contributed by atoms with E-state index in [-0.39, 0.29) is 0 Å². The Morgan fingerprint density at radius 3 is 1.26 bits per heavy atom. The maximum absolute atomic E-state index is 4.52. The lowest BCUT2D eigenvalue weighted by atomic mass is 9.62. The standard InChI is InChI=1S/C53H36N4Si/c1-2-17-38(18-3-1)57-46-25-10-14-29-50(46)58(51-30-15-11-26-47(51)57)48-27-12-6-21-42(48)53(43-22-7-13-28-49(43)58)40-19-4-8-23-44(40)56(45-24-9-5-20-41(45)53)39-33-31-37(32-34-39)52-54-35-16-36-55-52/h1-36H. The molecule has 9 aromatic rings. The first-order valence-corrected chi connectivity index (χ1v) is 21.9. The molecule has 4 heterocycles. The highest BCUT2D eigenvalue weighted by Crippen LogP contribution is 2.58. The Labute approximate surface area is 339 Å². The minimum absolute atomic E-state index is 0.590. The van der Waals surface area contributed by atoms with Crippen molar-refractivity contribution >= 4 is 62.9 Å². The van der Waals surface area contributed by atoms with Gasteiger partial charge in [-0.25, -0.2) is 9.97 Å². The van der Waals surface area contributed by atoms with E-state index >= 15 is 0 Å². The second-order valence-corrected chi connectivity index (χ2v) is 18.9. The van der Waals surface area contributed by atoms with E-state index < -0.39 is 13.5 Å². The van der Waals surface area contributed by atoms with E-state index in [0.717, 1.165) is 17.1 Å². The number of rotatable bonds is 3. The molecule has 12 rings (SSSR count). The molecule has 8 aromatic carbocycles. The second kappa shape index (κ2) is 12.6. The van der Waals surface area contributed by atoms with E-state index in [9.17, 15) is 0 Å². The van der Waals surface area contributed by atoms with Gasteiger partial charge in [-0.3, -0.25) is 0 Å². The third-order valence-corrected chi connectivity index (χ3v) is 17.6. The van der Waals surface area contributed by atoms with Gasteiger partial charge in [-0.05, 0) is 110 Å². The molecular weight excluding hydrogens is 721 g/mol. The van der Waals surface area contributed by atoms with Gasteiger partial charge in [0.2, 0.25) is 0 Å². The zero-order valence-corrected chi connectivity index (χ0v) is 32.6. The predicted octanol–water partition coefficient (Wildman–Crippen LogP) is 9.78. The molecule has 58 heavy (non-hydrogen) atoms. The smallest absolute Gasteiger partial charge is 0.184 e. The molecule has 0 bridgehead atoms. The van der Waals surface area contributed by atoms with E-state index in [2.05, 4.69) is 220 Å². The number of benzene rings is 8. The third-order valence-electron chi connectivity index (χ3n) is 12.6. The summed E-state index contributed by atoms with van der Waals surface area (Å²) in [6.07, 6.45) is 3.59. The maximum atomic E-state index is 4.52. The Morgan fingerprint density at radius 2 is 0.724 bits per heavy atom. The molecular formula is C53H36N4Si. The summed E-state index contributed by atoms with van der Waals surface area (Å²) in [6.45, 7) is 0. The van der Waals surface area contributed by atoms with Crippen LogP contribution in [0.1, 0.15) is 22.3 Å². The molecule has 0 radical (unpaired) electrons. The lowest BCUT2D eigenvalue weighted by Gasteiger charge is -2.55. The molecule has 0 saturated carbocycles. The lowest BCUT2D eigenvalue weighted by Crippen LogP contribution is -2.81. The average molecular weight is 757 g/mol. The van der Waals surface area contributed by atoms with E-state index in [1.807, 2.05) is 6.07 Å². The summed E-state index contributed by atoms with van der Waals surface area (Å²) in [4.78, 5) is 14.0. The summed E-state index contributed by atoms with van der Waals surface area (Å²) in [5.74, 6) is 0.721. The summed E-state index contributed by atoms with van der Waals surface area (Å²) in [7, 11) is -2.97. The summed E-state index contributed by atoms with van der Waals surface area (Å²) < 4.78 is 0. The van der Waals surface area contributed by atoms with Gasteiger partial charge in [0, 0.05) is 40.7 Å². The van der Waals surface area contributed by atoms with E-state index in [0.29, 0.717) is 0 Å². The number of fused-ring (bicyclic) bond motifs is 14. The second-order valence-electron chi connectivity index (χ2n) is 15.3. The maximum Gasteiger partial charge on any atom is 0.184 e. The zero-order chi connectivity index (χ0) is 38.3. The molecule has 0 N–H and O–H groups in total. The number of hydrogen-bond acceptors (Lipinski definition) is 4. The Morgan fingerprint density at radius 1 is 0.328 bits per heavy atom. The molecule has 0 atom stereocenters. The third kappa shape index (κ3) is 4.28. The van der Waals surface area contributed by atoms with Crippen LogP contribution in [0.5, 0.6) is 0 Å². The van der Waals surface area contributed by atoms with Gasteiger partial charge in [0.15, 0.2) is 13.9 Å². The van der Waals surface area contributed by atoms with Gasteiger partial charge in [0.05, 0.1) is 16.8 Å². The van der Waals surface area contributed by atoms with Crippen LogP contribution in [0.3, 0.4) is 0 Å². The normalized spacial score (nSPS) is 14.8. The van der Waals surface area contributed by atoms with Crippen LogP contribution in [0, 0.1) is 0 Å². The Balaban J connectivity index is 1.17. The molecule has 0 unspecified atom stereocenters. The van der Waals surface area contributed by atoms with Gasteiger partial charge in [-0.2, -0.15) is 0 Å². The van der Waals surface area contributed by atoms with Crippen LogP contribution in [-0.4, -0.2) is 18.0 Å². The first-order chi connectivity index (χ1) is 28.8. The fraction of sp³-hybridized carbons (Fsp3) is 0.0189. The van der Waals surface area contributed by atoms with Gasteiger partial charge in [-0.15, -0.1) is 0 Å². The largest absolute Gasteiger partial charge is 0.311 e. The van der Waals surface area contributed by atoms with Gasteiger partial charge in [0.25, 0.3) is 0 Å². The van der Waals surface area contributed by atoms with Crippen molar-refractivity contribution in [2.45, 2.75) is 5.41 Å². The molecule has 3 aliphatic heterocycles. The van der Waals surface area contributed by atoms with E-state index in [1.54, 1.807) is 12.4 Å². The quantitative estimate of drug-likeness (QED) is 0.168. The molecule has 0 saturated heterocycles. The van der Waals surface area contributed by atoms with Crippen LogP contribution < -0.4 is 30.5 Å². The summed E-state index contributed by atoms with van der Waals surface area (Å²) >= 11 is 0. The topological polar surface area (TPSA) is 32.3 Å². The number of nitrogens with zero attached hydrogens (tertiary/aromatic N) is 4. The predicted molar refractivity (Wildman–Crippen MR) is 239 cm³/mol. The minimum Gasteiger partial charge on any atom is -0.311 e. The molecule has 4 nitrogen and oxygen atoms in total. The fourth-order valence-electron chi connectivity index (χ4n) is 10.6. The molecule has 0 amide bonds. The highest BCUT2D eigenvalue weighted by molar-refractivity contribution is 7.22. The van der Waals surface area contributed by atoms with Crippen molar-refractivity contribution in [3.8, 4) is 11.4 Å². The van der Waals surface area contributed by atoms with Crippen LogP contribution in [0.2, 0.25) is 0 Å². The van der Waals surface area contributed by atoms with Gasteiger partial charge >= 0.3 is 0 Å². The molecule has 1 aromatic heterocycles. The average Bonchev–Trinajstić information content (AvgIpc) is 3.31. The van der Waals surface area contributed by atoms with Crippen LogP contribution in [-0.2, 0) is 5.41 Å². The zero-order valence-electron chi connectivity index (χ0n) is 31.6. The summed E-state index contributed by atoms with van der Waals surface area (Å²) in [5, 5.41) is 5.70. The van der Waals surface area contributed by atoms with Gasteiger partial charge < -0.3 is 9.80 Å². The molecule has 5 heteroatoms.